The van der Waals surface area contributed by atoms with Crippen LogP contribution < -0.4 is 10.6 Å². The molecule has 0 radical (unpaired) electrons. The van der Waals surface area contributed by atoms with Gasteiger partial charge in [0.25, 0.3) is 0 Å². The molecule has 1 fully saturated rings. The van der Waals surface area contributed by atoms with Gasteiger partial charge in [0.15, 0.2) is 0 Å². The van der Waals surface area contributed by atoms with Crippen molar-refractivity contribution in [2.45, 2.75) is 85.7 Å². The lowest BCUT2D eigenvalue weighted by Crippen LogP contribution is -2.50. The van der Waals surface area contributed by atoms with Crippen LogP contribution in [0, 0.1) is 0 Å². The third-order valence-electron chi connectivity index (χ3n) is 7.54. The van der Waals surface area contributed by atoms with Crippen LogP contribution in [0.1, 0.15) is 67.9 Å². The standard InChI is InChI=1S/C38H64N6O9/c1-36(2,3)51-32(46)26-42-19-17-41(25-31(45)39-15-16-40-35(49)50-29-30-13-11-10-12-14-30)18-20-43(27-33(47)52-37(4,5)6)22-24-44(23-21-42)28-34(48)53-38(7,8)9/h10-14H,15-29H2,1-9H3,(H,39,45)(H,40,49). The molecule has 0 aromatic heterocycles. The minimum Gasteiger partial charge on any atom is -0.459 e. The van der Waals surface area contributed by atoms with E-state index in [0.29, 0.717) is 52.4 Å². The fraction of sp³-hybridized carbons (Fsp3) is 0.711. The van der Waals surface area contributed by atoms with Gasteiger partial charge in [-0.25, -0.2) is 4.79 Å². The van der Waals surface area contributed by atoms with Crippen molar-refractivity contribution in [1.82, 2.24) is 30.2 Å². The van der Waals surface area contributed by atoms with E-state index in [4.69, 9.17) is 18.9 Å². The molecule has 300 valence electrons. The Labute approximate surface area is 316 Å². The molecule has 0 unspecified atom stereocenters. The summed E-state index contributed by atoms with van der Waals surface area (Å²) in [6, 6.07) is 9.34. The van der Waals surface area contributed by atoms with E-state index in [1.807, 2.05) is 112 Å². The molecule has 1 aromatic carbocycles. The highest BCUT2D eigenvalue weighted by atomic mass is 16.6. The number of benzene rings is 1. The van der Waals surface area contributed by atoms with Crippen LogP contribution in [0.5, 0.6) is 0 Å². The van der Waals surface area contributed by atoms with E-state index >= 15 is 0 Å². The van der Waals surface area contributed by atoms with Crippen LogP contribution in [0.4, 0.5) is 4.79 Å². The minimum atomic E-state index is -0.651. The van der Waals surface area contributed by atoms with Crippen LogP contribution in [0.25, 0.3) is 0 Å². The van der Waals surface area contributed by atoms with Gasteiger partial charge in [-0.3, -0.25) is 38.8 Å². The summed E-state index contributed by atoms with van der Waals surface area (Å²) in [5.74, 6) is -1.34. The lowest BCUT2D eigenvalue weighted by atomic mass is 10.2. The van der Waals surface area contributed by atoms with Crippen molar-refractivity contribution < 1.29 is 42.9 Å². The Kier molecular flexibility index (Phi) is 18.7. The molecule has 2 rings (SSSR count). The number of carbonyl (C=O) groups is 5. The fourth-order valence-corrected chi connectivity index (χ4v) is 5.28. The molecule has 1 aliphatic rings. The number of rotatable bonds is 13. The van der Waals surface area contributed by atoms with Crippen molar-refractivity contribution in [3.8, 4) is 0 Å². The topological polar surface area (TPSA) is 159 Å². The zero-order chi connectivity index (χ0) is 39.7. The van der Waals surface area contributed by atoms with E-state index < -0.39 is 22.9 Å². The molecular formula is C38H64N6O9. The number of esters is 3. The first kappa shape index (κ1) is 45.4. The van der Waals surface area contributed by atoms with Crippen LogP contribution >= 0.6 is 0 Å². The Hall–Kier alpha value is -3.79. The summed E-state index contributed by atoms with van der Waals surface area (Å²) < 4.78 is 22.0. The molecule has 1 saturated heterocycles. The summed E-state index contributed by atoms with van der Waals surface area (Å²) in [6.45, 7) is 20.6. The Balaban J connectivity index is 2.13. The first-order valence-corrected chi connectivity index (χ1v) is 18.4. The van der Waals surface area contributed by atoms with Crippen molar-refractivity contribution in [3.05, 3.63) is 35.9 Å². The predicted molar refractivity (Wildman–Crippen MR) is 201 cm³/mol. The number of carbonyl (C=O) groups excluding carboxylic acids is 5. The average molecular weight is 749 g/mol. The Morgan fingerprint density at radius 3 is 1.23 bits per heavy atom. The molecule has 0 atom stereocenters. The first-order chi connectivity index (χ1) is 24.7. The zero-order valence-corrected chi connectivity index (χ0v) is 33.5. The molecule has 1 heterocycles. The molecule has 1 aliphatic heterocycles. The SMILES string of the molecule is CC(C)(C)OC(=O)CN1CCN(CC(=O)NCCNC(=O)OCc2ccccc2)CCN(CC(=O)OC(C)(C)C)CCN(CC(=O)OC(C)(C)C)CC1. The predicted octanol–water partition coefficient (Wildman–Crippen LogP) is 2.28. The van der Waals surface area contributed by atoms with Gasteiger partial charge in [0.05, 0.1) is 26.2 Å². The van der Waals surface area contributed by atoms with Gasteiger partial charge in [0.1, 0.15) is 23.4 Å². The van der Waals surface area contributed by atoms with E-state index in [2.05, 4.69) is 10.6 Å². The summed E-state index contributed by atoms with van der Waals surface area (Å²) in [6.07, 6.45) is -0.578. The van der Waals surface area contributed by atoms with Crippen LogP contribution in [-0.4, -0.2) is 158 Å². The normalized spacial score (nSPS) is 16.4. The van der Waals surface area contributed by atoms with Crippen LogP contribution in [-0.2, 0) is 44.7 Å². The maximum absolute atomic E-state index is 13.1. The quantitative estimate of drug-likeness (QED) is 0.172. The summed E-state index contributed by atoms with van der Waals surface area (Å²) in [5, 5.41) is 5.49. The number of ether oxygens (including phenoxy) is 4. The largest absolute Gasteiger partial charge is 0.459 e. The zero-order valence-electron chi connectivity index (χ0n) is 33.5. The number of hydrogen-bond donors (Lipinski definition) is 2. The number of alkyl carbamates (subject to hydrolysis) is 1. The van der Waals surface area contributed by atoms with Gasteiger partial charge < -0.3 is 29.6 Å². The number of hydrogen-bond acceptors (Lipinski definition) is 13. The van der Waals surface area contributed by atoms with E-state index in [-0.39, 0.29) is 69.7 Å². The number of nitrogens with one attached hydrogen (secondary N) is 2. The van der Waals surface area contributed by atoms with Gasteiger partial charge in [-0.05, 0) is 67.9 Å². The lowest BCUT2D eigenvalue weighted by molar-refractivity contribution is -0.158. The minimum absolute atomic E-state index is 0.0361. The van der Waals surface area contributed by atoms with Crippen molar-refractivity contribution >= 4 is 29.9 Å². The second-order valence-electron chi connectivity index (χ2n) is 16.2. The van der Waals surface area contributed by atoms with E-state index in [9.17, 15) is 24.0 Å². The Morgan fingerprint density at radius 1 is 0.528 bits per heavy atom. The number of amides is 2. The van der Waals surface area contributed by atoms with Gasteiger partial charge in [-0.15, -0.1) is 0 Å². The van der Waals surface area contributed by atoms with Gasteiger partial charge in [0.2, 0.25) is 5.91 Å². The second kappa shape index (κ2) is 21.8. The van der Waals surface area contributed by atoms with Crippen LogP contribution in [0.3, 0.4) is 0 Å². The highest BCUT2D eigenvalue weighted by Crippen LogP contribution is 2.11. The monoisotopic (exact) mass is 748 g/mol. The maximum atomic E-state index is 13.1. The Morgan fingerprint density at radius 2 is 0.868 bits per heavy atom. The van der Waals surface area contributed by atoms with Crippen LogP contribution in [0.15, 0.2) is 30.3 Å². The maximum Gasteiger partial charge on any atom is 0.407 e. The molecule has 2 N–H and O–H groups in total. The Bertz CT molecular complexity index is 1260. The third-order valence-corrected chi connectivity index (χ3v) is 7.54. The molecule has 0 aliphatic carbocycles. The molecule has 15 nitrogen and oxygen atoms in total. The van der Waals surface area contributed by atoms with E-state index in [1.165, 1.54) is 0 Å². The summed E-state index contributed by atoms with van der Waals surface area (Å²) >= 11 is 0. The summed E-state index contributed by atoms with van der Waals surface area (Å²) in [4.78, 5) is 71.8. The van der Waals surface area contributed by atoms with Crippen molar-refractivity contribution in [2.75, 3.05) is 91.6 Å². The van der Waals surface area contributed by atoms with Crippen molar-refractivity contribution in [3.63, 3.8) is 0 Å². The molecule has 0 spiro atoms. The molecule has 1 aromatic rings. The highest BCUT2D eigenvalue weighted by Gasteiger charge is 2.26. The molecule has 53 heavy (non-hydrogen) atoms. The highest BCUT2D eigenvalue weighted by molar-refractivity contribution is 5.78. The first-order valence-electron chi connectivity index (χ1n) is 18.4. The van der Waals surface area contributed by atoms with Crippen molar-refractivity contribution in [2.24, 2.45) is 0 Å². The van der Waals surface area contributed by atoms with E-state index in [0.717, 1.165) is 5.56 Å². The molecule has 2 amide bonds. The summed E-state index contributed by atoms with van der Waals surface area (Å²) in [7, 11) is 0. The van der Waals surface area contributed by atoms with Gasteiger partial charge in [-0.1, -0.05) is 30.3 Å². The molecular weight excluding hydrogens is 684 g/mol. The van der Waals surface area contributed by atoms with Crippen LogP contribution in [0.2, 0.25) is 0 Å². The van der Waals surface area contributed by atoms with E-state index in [1.54, 1.807) is 0 Å². The molecule has 15 heteroatoms. The molecule has 0 saturated carbocycles. The average Bonchev–Trinajstić information content (AvgIpc) is 3.01. The van der Waals surface area contributed by atoms with Gasteiger partial charge in [0, 0.05) is 65.4 Å². The fourth-order valence-electron chi connectivity index (χ4n) is 5.28. The van der Waals surface area contributed by atoms with Gasteiger partial charge >= 0.3 is 24.0 Å². The lowest BCUT2D eigenvalue weighted by Gasteiger charge is -2.34. The van der Waals surface area contributed by atoms with Gasteiger partial charge in [-0.2, -0.15) is 0 Å². The number of nitrogens with zero attached hydrogens (tertiary/aromatic N) is 4. The molecule has 0 bridgehead atoms. The summed E-state index contributed by atoms with van der Waals surface area (Å²) in [5.41, 5.74) is -1.08. The second-order valence-corrected chi connectivity index (χ2v) is 16.2. The smallest absolute Gasteiger partial charge is 0.407 e. The van der Waals surface area contributed by atoms with Crippen molar-refractivity contribution in [1.29, 1.82) is 0 Å². The third kappa shape index (κ3) is 22.8.